The van der Waals surface area contributed by atoms with Crippen LogP contribution in [0.15, 0.2) is 18.3 Å². The second-order valence-electron chi connectivity index (χ2n) is 4.94. The maximum atomic E-state index is 11.9. The Hall–Kier alpha value is -1.62. The SMILES string of the molecule is Nc1cc(C(=O)NCC2(O)CCCCC2)ccn1. The molecule has 1 aliphatic rings. The van der Waals surface area contributed by atoms with Crippen LogP contribution in [0.2, 0.25) is 0 Å². The van der Waals surface area contributed by atoms with Crippen molar-refractivity contribution < 1.29 is 9.90 Å². The molecule has 1 aromatic rings. The van der Waals surface area contributed by atoms with E-state index >= 15 is 0 Å². The van der Waals surface area contributed by atoms with Crippen molar-refractivity contribution in [2.45, 2.75) is 37.7 Å². The monoisotopic (exact) mass is 249 g/mol. The largest absolute Gasteiger partial charge is 0.388 e. The standard InChI is InChI=1S/C13H19N3O2/c14-11-8-10(4-7-15-11)12(17)16-9-13(18)5-2-1-3-6-13/h4,7-8,18H,1-3,5-6,9H2,(H2,14,15)(H,16,17). The fourth-order valence-electron chi connectivity index (χ4n) is 2.32. The van der Waals surface area contributed by atoms with Crippen LogP contribution < -0.4 is 11.1 Å². The van der Waals surface area contributed by atoms with Crippen LogP contribution >= 0.6 is 0 Å². The number of hydrogen-bond donors (Lipinski definition) is 3. The van der Waals surface area contributed by atoms with Gasteiger partial charge in [-0.1, -0.05) is 19.3 Å². The number of nitrogen functional groups attached to an aromatic ring is 1. The Bertz CT molecular complexity index is 428. The van der Waals surface area contributed by atoms with E-state index < -0.39 is 5.60 Å². The lowest BCUT2D eigenvalue weighted by atomic mass is 9.85. The quantitative estimate of drug-likeness (QED) is 0.748. The zero-order valence-electron chi connectivity index (χ0n) is 10.4. The molecule has 0 saturated heterocycles. The van der Waals surface area contributed by atoms with Crippen molar-refractivity contribution >= 4 is 11.7 Å². The third kappa shape index (κ3) is 3.20. The Kier molecular flexibility index (Phi) is 3.81. The highest BCUT2D eigenvalue weighted by molar-refractivity contribution is 5.94. The van der Waals surface area contributed by atoms with Crippen molar-refractivity contribution in [3.8, 4) is 0 Å². The first-order chi connectivity index (χ1) is 8.59. The Morgan fingerprint density at radius 1 is 1.44 bits per heavy atom. The predicted molar refractivity (Wildman–Crippen MR) is 69.0 cm³/mol. The molecular weight excluding hydrogens is 230 g/mol. The number of nitrogens with one attached hydrogen (secondary N) is 1. The molecule has 1 amide bonds. The van der Waals surface area contributed by atoms with Crippen LogP contribution in [0.1, 0.15) is 42.5 Å². The van der Waals surface area contributed by atoms with Gasteiger partial charge in [0.25, 0.3) is 5.91 Å². The average molecular weight is 249 g/mol. The summed E-state index contributed by atoms with van der Waals surface area (Å²) < 4.78 is 0. The first kappa shape index (κ1) is 12.8. The van der Waals surface area contributed by atoms with Crippen molar-refractivity contribution in [3.05, 3.63) is 23.9 Å². The summed E-state index contributed by atoms with van der Waals surface area (Å²) in [4.78, 5) is 15.7. The van der Waals surface area contributed by atoms with Gasteiger partial charge in [-0.15, -0.1) is 0 Å². The van der Waals surface area contributed by atoms with Crippen LogP contribution in [0.4, 0.5) is 5.82 Å². The second-order valence-corrected chi connectivity index (χ2v) is 4.94. The van der Waals surface area contributed by atoms with Gasteiger partial charge in [0.1, 0.15) is 5.82 Å². The van der Waals surface area contributed by atoms with Gasteiger partial charge in [0.05, 0.1) is 5.60 Å². The molecule has 0 aliphatic heterocycles. The number of carbonyl (C=O) groups is 1. The second kappa shape index (κ2) is 5.35. The summed E-state index contributed by atoms with van der Waals surface area (Å²) in [6.07, 6.45) is 6.22. The Morgan fingerprint density at radius 2 is 2.17 bits per heavy atom. The van der Waals surface area contributed by atoms with Crippen molar-refractivity contribution in [1.29, 1.82) is 0 Å². The molecule has 2 rings (SSSR count). The highest BCUT2D eigenvalue weighted by atomic mass is 16.3. The van der Waals surface area contributed by atoms with E-state index in [2.05, 4.69) is 10.3 Å². The number of anilines is 1. The summed E-state index contributed by atoms with van der Waals surface area (Å²) in [5.74, 6) is 0.0992. The molecule has 5 nitrogen and oxygen atoms in total. The Labute approximate surface area is 106 Å². The number of carbonyl (C=O) groups excluding carboxylic acids is 1. The van der Waals surface area contributed by atoms with Crippen LogP contribution in [0.5, 0.6) is 0 Å². The Balaban J connectivity index is 1.92. The van der Waals surface area contributed by atoms with Crippen LogP contribution in [-0.2, 0) is 0 Å². The van der Waals surface area contributed by atoms with E-state index in [9.17, 15) is 9.90 Å². The smallest absolute Gasteiger partial charge is 0.251 e. The molecule has 4 N–H and O–H groups in total. The van der Waals surface area contributed by atoms with E-state index in [4.69, 9.17) is 5.73 Å². The Morgan fingerprint density at radius 3 is 2.83 bits per heavy atom. The topological polar surface area (TPSA) is 88.2 Å². The van der Waals surface area contributed by atoms with E-state index in [1.165, 1.54) is 12.3 Å². The van der Waals surface area contributed by atoms with E-state index in [1.807, 2.05) is 0 Å². The van der Waals surface area contributed by atoms with Crippen molar-refractivity contribution in [1.82, 2.24) is 10.3 Å². The van der Waals surface area contributed by atoms with E-state index in [0.29, 0.717) is 17.9 Å². The number of hydrogen-bond acceptors (Lipinski definition) is 4. The van der Waals surface area contributed by atoms with E-state index in [1.54, 1.807) is 6.07 Å². The molecule has 0 spiro atoms. The molecule has 98 valence electrons. The average Bonchev–Trinajstić information content (AvgIpc) is 2.37. The fourth-order valence-corrected chi connectivity index (χ4v) is 2.32. The third-order valence-corrected chi connectivity index (χ3v) is 3.41. The lowest BCUT2D eigenvalue weighted by Crippen LogP contribution is -2.44. The number of rotatable bonds is 3. The lowest BCUT2D eigenvalue weighted by Gasteiger charge is -2.32. The summed E-state index contributed by atoms with van der Waals surface area (Å²) in [5, 5.41) is 13.0. The van der Waals surface area contributed by atoms with Crippen molar-refractivity contribution in [2.75, 3.05) is 12.3 Å². The van der Waals surface area contributed by atoms with Crippen molar-refractivity contribution in [3.63, 3.8) is 0 Å². The normalized spacial score (nSPS) is 18.3. The number of aliphatic hydroxyl groups is 1. The number of amides is 1. The minimum atomic E-state index is -0.744. The molecule has 0 bridgehead atoms. The minimum Gasteiger partial charge on any atom is -0.388 e. The van der Waals surface area contributed by atoms with Crippen LogP contribution in [0, 0.1) is 0 Å². The maximum absolute atomic E-state index is 11.9. The zero-order chi connectivity index (χ0) is 13.0. The number of pyridine rings is 1. The molecular formula is C13H19N3O2. The van der Waals surface area contributed by atoms with Gasteiger partial charge in [-0.3, -0.25) is 4.79 Å². The molecule has 0 radical (unpaired) electrons. The molecule has 0 aromatic carbocycles. The zero-order valence-corrected chi connectivity index (χ0v) is 10.4. The molecule has 1 saturated carbocycles. The van der Waals surface area contributed by atoms with Gasteiger partial charge in [-0.25, -0.2) is 4.98 Å². The minimum absolute atomic E-state index is 0.219. The van der Waals surface area contributed by atoms with Crippen LogP contribution in [-0.4, -0.2) is 28.1 Å². The first-order valence-electron chi connectivity index (χ1n) is 6.31. The van der Waals surface area contributed by atoms with Gasteiger partial charge in [0.15, 0.2) is 0 Å². The summed E-state index contributed by atoms with van der Waals surface area (Å²) in [5.41, 5.74) is 5.25. The molecule has 18 heavy (non-hydrogen) atoms. The summed E-state index contributed by atoms with van der Waals surface area (Å²) >= 11 is 0. The first-order valence-corrected chi connectivity index (χ1v) is 6.31. The third-order valence-electron chi connectivity index (χ3n) is 3.41. The van der Waals surface area contributed by atoms with E-state index in [0.717, 1.165) is 32.1 Å². The number of nitrogens with zero attached hydrogens (tertiary/aromatic N) is 1. The summed E-state index contributed by atoms with van der Waals surface area (Å²) in [6, 6.07) is 3.14. The van der Waals surface area contributed by atoms with Gasteiger partial charge in [0.2, 0.25) is 0 Å². The van der Waals surface area contributed by atoms with Gasteiger partial charge in [-0.05, 0) is 25.0 Å². The van der Waals surface area contributed by atoms with Gasteiger partial charge in [-0.2, -0.15) is 0 Å². The van der Waals surface area contributed by atoms with Crippen LogP contribution in [0.3, 0.4) is 0 Å². The lowest BCUT2D eigenvalue weighted by molar-refractivity contribution is 0.00526. The molecule has 1 aromatic heterocycles. The van der Waals surface area contributed by atoms with Gasteiger partial charge >= 0.3 is 0 Å². The molecule has 0 atom stereocenters. The highest BCUT2D eigenvalue weighted by Crippen LogP contribution is 2.27. The van der Waals surface area contributed by atoms with Gasteiger partial charge in [0, 0.05) is 18.3 Å². The highest BCUT2D eigenvalue weighted by Gasteiger charge is 2.29. The van der Waals surface area contributed by atoms with Gasteiger partial charge < -0.3 is 16.2 Å². The molecule has 1 aliphatic carbocycles. The molecule has 1 heterocycles. The maximum Gasteiger partial charge on any atom is 0.251 e. The molecule has 0 unspecified atom stereocenters. The fraction of sp³-hybridized carbons (Fsp3) is 0.538. The van der Waals surface area contributed by atoms with Crippen molar-refractivity contribution in [2.24, 2.45) is 0 Å². The molecule has 5 heteroatoms. The van der Waals surface area contributed by atoms with Crippen LogP contribution in [0.25, 0.3) is 0 Å². The number of aromatic nitrogens is 1. The summed E-state index contributed by atoms with van der Waals surface area (Å²) in [6.45, 7) is 0.300. The molecule has 1 fully saturated rings. The predicted octanol–water partition coefficient (Wildman–Crippen LogP) is 1.09. The van der Waals surface area contributed by atoms with E-state index in [-0.39, 0.29) is 5.91 Å². The summed E-state index contributed by atoms with van der Waals surface area (Å²) in [7, 11) is 0. The number of nitrogens with two attached hydrogens (primary N) is 1.